The van der Waals surface area contributed by atoms with Gasteiger partial charge in [-0.25, -0.2) is 0 Å². The average Bonchev–Trinajstić information content (AvgIpc) is 2.25. The molecule has 3 nitrogen and oxygen atoms in total. The Labute approximate surface area is 92.1 Å². The summed E-state index contributed by atoms with van der Waals surface area (Å²) in [5, 5.41) is 20.7. The molecule has 0 saturated heterocycles. The molecule has 0 bridgehead atoms. The summed E-state index contributed by atoms with van der Waals surface area (Å²) >= 11 is 0. The van der Waals surface area contributed by atoms with E-state index < -0.39 is 5.92 Å². The van der Waals surface area contributed by atoms with Crippen LogP contribution in [0.4, 0.5) is 0 Å². The first kappa shape index (κ1) is 12.0. The summed E-state index contributed by atoms with van der Waals surface area (Å²) in [6, 6.07) is 4.47. The number of nitrogens with zero attached hydrogens (tertiary/aromatic N) is 2. The van der Waals surface area contributed by atoms with E-state index in [9.17, 15) is 0 Å². The molecule has 0 radical (unpaired) electrons. The quantitative estimate of drug-likeness (QED) is 0.767. The van der Waals surface area contributed by atoms with Gasteiger partial charge >= 0.3 is 0 Å². The van der Waals surface area contributed by atoms with Crippen molar-refractivity contribution in [3.63, 3.8) is 0 Å². The van der Waals surface area contributed by atoms with Crippen molar-refractivity contribution in [2.75, 3.05) is 6.54 Å². The Morgan fingerprint density at radius 1 is 1.27 bits per heavy atom. The van der Waals surface area contributed by atoms with Crippen molar-refractivity contribution in [3.05, 3.63) is 0 Å². The average molecular weight is 205 g/mol. The first-order valence-electron chi connectivity index (χ1n) is 5.71. The molecule has 0 spiro atoms. The normalized spacial score (nSPS) is 30.9. The minimum absolute atomic E-state index is 0.484. The van der Waals surface area contributed by atoms with E-state index in [1.807, 2.05) is 12.1 Å². The molecule has 0 amide bonds. The maximum atomic E-state index is 8.66. The number of rotatable bonds is 3. The molecule has 0 aliphatic heterocycles. The van der Waals surface area contributed by atoms with E-state index in [4.69, 9.17) is 10.5 Å². The highest BCUT2D eigenvalue weighted by atomic mass is 14.9. The van der Waals surface area contributed by atoms with Crippen molar-refractivity contribution in [3.8, 4) is 12.1 Å². The predicted molar refractivity (Wildman–Crippen MR) is 58.7 cm³/mol. The highest BCUT2D eigenvalue weighted by Gasteiger charge is 2.26. The lowest BCUT2D eigenvalue weighted by Crippen LogP contribution is -2.42. The summed E-state index contributed by atoms with van der Waals surface area (Å²) in [4.78, 5) is 0. The van der Waals surface area contributed by atoms with Crippen LogP contribution < -0.4 is 5.32 Å². The minimum atomic E-state index is -0.505. The van der Waals surface area contributed by atoms with Gasteiger partial charge in [0.1, 0.15) is 5.92 Å². The van der Waals surface area contributed by atoms with Crippen molar-refractivity contribution in [2.24, 2.45) is 17.8 Å². The standard InChI is InChI=1S/C12H19N3/c1-9-4-3-5-12(10(9)2)15-8-11(6-13)7-14/h9-12,15H,3-5,8H2,1-2H3. The second-order valence-electron chi connectivity index (χ2n) is 4.59. The van der Waals surface area contributed by atoms with Crippen LogP contribution in [-0.2, 0) is 0 Å². The van der Waals surface area contributed by atoms with Crippen molar-refractivity contribution in [2.45, 2.75) is 39.2 Å². The Hall–Kier alpha value is -1.06. The zero-order valence-corrected chi connectivity index (χ0v) is 9.53. The van der Waals surface area contributed by atoms with Crippen LogP contribution in [0, 0.1) is 40.4 Å². The Balaban J connectivity index is 2.38. The van der Waals surface area contributed by atoms with Gasteiger partial charge < -0.3 is 5.32 Å². The predicted octanol–water partition coefficient (Wildman–Crippen LogP) is 2.06. The lowest BCUT2D eigenvalue weighted by Gasteiger charge is -2.34. The molecule has 0 aromatic heterocycles. The van der Waals surface area contributed by atoms with E-state index in [-0.39, 0.29) is 0 Å². The van der Waals surface area contributed by atoms with E-state index in [1.54, 1.807) is 0 Å². The van der Waals surface area contributed by atoms with Gasteiger partial charge in [0, 0.05) is 12.6 Å². The first-order chi connectivity index (χ1) is 7.19. The summed E-state index contributed by atoms with van der Waals surface area (Å²) < 4.78 is 0. The fourth-order valence-electron chi connectivity index (χ4n) is 2.26. The molecule has 1 fully saturated rings. The van der Waals surface area contributed by atoms with Crippen LogP contribution in [0.3, 0.4) is 0 Å². The molecule has 3 heteroatoms. The molecule has 82 valence electrons. The first-order valence-corrected chi connectivity index (χ1v) is 5.71. The molecular formula is C12H19N3. The van der Waals surface area contributed by atoms with Gasteiger partial charge in [-0.1, -0.05) is 26.7 Å². The summed E-state index contributed by atoms with van der Waals surface area (Å²) in [5.74, 6) is 0.894. The molecule has 1 aliphatic rings. The van der Waals surface area contributed by atoms with Crippen molar-refractivity contribution in [1.82, 2.24) is 5.32 Å². The van der Waals surface area contributed by atoms with Crippen LogP contribution in [0.2, 0.25) is 0 Å². The third-order valence-corrected chi connectivity index (χ3v) is 3.60. The van der Waals surface area contributed by atoms with Crippen LogP contribution in [0.1, 0.15) is 33.1 Å². The van der Waals surface area contributed by atoms with Gasteiger partial charge in [-0.15, -0.1) is 0 Å². The Morgan fingerprint density at radius 3 is 2.53 bits per heavy atom. The van der Waals surface area contributed by atoms with Crippen LogP contribution in [-0.4, -0.2) is 12.6 Å². The van der Waals surface area contributed by atoms with E-state index >= 15 is 0 Å². The lowest BCUT2D eigenvalue weighted by atomic mass is 9.78. The van der Waals surface area contributed by atoms with Gasteiger partial charge in [0.25, 0.3) is 0 Å². The molecule has 1 aliphatic carbocycles. The number of nitriles is 2. The van der Waals surface area contributed by atoms with Crippen molar-refractivity contribution >= 4 is 0 Å². The highest BCUT2D eigenvalue weighted by Crippen LogP contribution is 2.29. The van der Waals surface area contributed by atoms with Crippen LogP contribution in [0.25, 0.3) is 0 Å². The van der Waals surface area contributed by atoms with Crippen LogP contribution in [0.15, 0.2) is 0 Å². The second kappa shape index (κ2) is 5.73. The maximum Gasteiger partial charge on any atom is 0.145 e. The summed E-state index contributed by atoms with van der Waals surface area (Å²) in [7, 11) is 0. The number of nitrogens with one attached hydrogen (secondary N) is 1. The number of hydrogen-bond acceptors (Lipinski definition) is 3. The molecule has 1 rings (SSSR count). The van der Waals surface area contributed by atoms with Crippen molar-refractivity contribution < 1.29 is 0 Å². The smallest absolute Gasteiger partial charge is 0.145 e. The van der Waals surface area contributed by atoms with E-state index in [1.165, 1.54) is 19.3 Å². The molecule has 0 heterocycles. The summed E-state index contributed by atoms with van der Waals surface area (Å²) in [6.45, 7) is 5.05. The molecule has 15 heavy (non-hydrogen) atoms. The molecule has 0 aromatic carbocycles. The maximum absolute atomic E-state index is 8.66. The fourth-order valence-corrected chi connectivity index (χ4v) is 2.26. The highest BCUT2D eigenvalue weighted by molar-refractivity contribution is 5.00. The van der Waals surface area contributed by atoms with E-state index in [0.29, 0.717) is 18.5 Å². The molecule has 1 saturated carbocycles. The van der Waals surface area contributed by atoms with Crippen molar-refractivity contribution in [1.29, 1.82) is 10.5 Å². The monoisotopic (exact) mass is 205 g/mol. The summed E-state index contributed by atoms with van der Waals surface area (Å²) in [5.41, 5.74) is 0. The Kier molecular flexibility index (Phi) is 4.59. The molecule has 1 N–H and O–H groups in total. The summed E-state index contributed by atoms with van der Waals surface area (Å²) in [6.07, 6.45) is 3.74. The topological polar surface area (TPSA) is 59.6 Å². The lowest BCUT2D eigenvalue weighted by molar-refractivity contribution is 0.206. The number of hydrogen-bond donors (Lipinski definition) is 1. The van der Waals surface area contributed by atoms with Gasteiger partial charge in [-0.05, 0) is 18.3 Å². The fraction of sp³-hybridized carbons (Fsp3) is 0.833. The molecule has 3 unspecified atom stereocenters. The third kappa shape index (κ3) is 3.22. The van der Waals surface area contributed by atoms with E-state index in [0.717, 1.165) is 5.92 Å². The Morgan fingerprint density at radius 2 is 1.93 bits per heavy atom. The second-order valence-corrected chi connectivity index (χ2v) is 4.59. The van der Waals surface area contributed by atoms with E-state index in [2.05, 4.69) is 19.2 Å². The minimum Gasteiger partial charge on any atom is -0.311 e. The van der Waals surface area contributed by atoms with Gasteiger partial charge in [-0.2, -0.15) is 10.5 Å². The van der Waals surface area contributed by atoms with Gasteiger partial charge in [0.05, 0.1) is 12.1 Å². The zero-order chi connectivity index (χ0) is 11.3. The molecule has 0 aromatic rings. The van der Waals surface area contributed by atoms with Gasteiger partial charge in [-0.3, -0.25) is 0 Å². The Bertz CT molecular complexity index is 260. The molecular weight excluding hydrogens is 186 g/mol. The van der Waals surface area contributed by atoms with Crippen LogP contribution in [0.5, 0.6) is 0 Å². The zero-order valence-electron chi connectivity index (χ0n) is 9.53. The van der Waals surface area contributed by atoms with Crippen LogP contribution >= 0.6 is 0 Å². The van der Waals surface area contributed by atoms with Gasteiger partial charge in [0.15, 0.2) is 0 Å². The SMILES string of the molecule is CC1CCCC(NCC(C#N)C#N)C1C. The molecule has 3 atom stereocenters. The third-order valence-electron chi connectivity index (χ3n) is 3.60. The van der Waals surface area contributed by atoms with Gasteiger partial charge in [0.2, 0.25) is 0 Å². The largest absolute Gasteiger partial charge is 0.311 e.